The van der Waals surface area contributed by atoms with E-state index in [2.05, 4.69) is 5.32 Å². The molecule has 0 fully saturated rings. The van der Waals surface area contributed by atoms with E-state index in [1.807, 2.05) is 44.2 Å². The lowest BCUT2D eigenvalue weighted by Gasteiger charge is -2.18. The number of anilines is 1. The van der Waals surface area contributed by atoms with E-state index in [-0.39, 0.29) is 0 Å². The Morgan fingerprint density at radius 1 is 0.958 bits per heavy atom. The molecule has 0 radical (unpaired) electrons. The zero-order valence-corrected chi connectivity index (χ0v) is 14.9. The molecule has 2 rings (SSSR count). The molecular weight excluding hydrogens is 324 g/mol. The quantitative estimate of drug-likeness (QED) is 0.707. The summed E-state index contributed by atoms with van der Waals surface area (Å²) in [5.74, 6) is 0.833. The third kappa shape index (κ3) is 4.72. The highest BCUT2D eigenvalue weighted by atomic mass is 32.2. The first-order valence-corrected chi connectivity index (χ1v) is 9.54. The summed E-state index contributed by atoms with van der Waals surface area (Å²) in [6.45, 7) is 5.78. The largest absolute Gasteiger partial charge is 0.492 e. The van der Waals surface area contributed by atoms with Gasteiger partial charge in [0, 0.05) is 25.3 Å². The summed E-state index contributed by atoms with van der Waals surface area (Å²) < 4.78 is 31.9. The van der Waals surface area contributed by atoms with Crippen molar-refractivity contribution in [1.82, 2.24) is 4.31 Å². The fourth-order valence-corrected chi connectivity index (χ4v) is 3.80. The molecule has 0 atom stereocenters. The van der Waals surface area contributed by atoms with E-state index in [4.69, 9.17) is 4.74 Å². The van der Waals surface area contributed by atoms with Crippen molar-refractivity contribution in [3.8, 4) is 5.75 Å². The number of rotatable bonds is 9. The molecule has 130 valence electrons. The summed E-state index contributed by atoms with van der Waals surface area (Å²) in [5.41, 5.74) is 0.866. The number of ether oxygens (including phenoxy) is 1. The second-order valence-corrected chi connectivity index (χ2v) is 7.14. The highest BCUT2D eigenvalue weighted by Crippen LogP contribution is 2.18. The Kier molecular flexibility index (Phi) is 6.63. The topological polar surface area (TPSA) is 58.6 Å². The van der Waals surface area contributed by atoms with Gasteiger partial charge in [-0.15, -0.1) is 0 Å². The summed E-state index contributed by atoms with van der Waals surface area (Å²) in [6, 6.07) is 16.4. The summed E-state index contributed by atoms with van der Waals surface area (Å²) in [6.07, 6.45) is 0. The molecule has 24 heavy (non-hydrogen) atoms. The van der Waals surface area contributed by atoms with Gasteiger partial charge < -0.3 is 10.1 Å². The first-order valence-electron chi connectivity index (χ1n) is 8.10. The molecule has 2 aromatic carbocycles. The van der Waals surface area contributed by atoms with Crippen LogP contribution in [0, 0.1) is 0 Å². The molecule has 0 amide bonds. The first-order chi connectivity index (χ1) is 11.6. The minimum absolute atomic E-state index is 0.317. The summed E-state index contributed by atoms with van der Waals surface area (Å²) in [5, 5.41) is 3.22. The summed E-state index contributed by atoms with van der Waals surface area (Å²) in [7, 11) is -3.40. The average Bonchev–Trinajstić information content (AvgIpc) is 2.61. The van der Waals surface area contributed by atoms with Crippen molar-refractivity contribution < 1.29 is 13.2 Å². The van der Waals surface area contributed by atoms with Crippen LogP contribution < -0.4 is 10.1 Å². The van der Waals surface area contributed by atoms with Crippen molar-refractivity contribution in [2.75, 3.05) is 31.6 Å². The van der Waals surface area contributed by atoms with Gasteiger partial charge in [0.15, 0.2) is 0 Å². The van der Waals surface area contributed by atoms with Gasteiger partial charge in [-0.25, -0.2) is 8.42 Å². The van der Waals surface area contributed by atoms with Crippen molar-refractivity contribution in [1.29, 1.82) is 0 Å². The molecule has 0 unspecified atom stereocenters. The number of nitrogens with one attached hydrogen (secondary N) is 1. The van der Waals surface area contributed by atoms with Crippen molar-refractivity contribution in [3.63, 3.8) is 0 Å². The van der Waals surface area contributed by atoms with Crippen molar-refractivity contribution in [2.24, 2.45) is 0 Å². The number of nitrogens with zero attached hydrogens (tertiary/aromatic N) is 1. The molecule has 0 spiro atoms. The number of hydrogen-bond acceptors (Lipinski definition) is 4. The molecule has 0 saturated heterocycles. The molecule has 0 aromatic heterocycles. The molecule has 2 aromatic rings. The van der Waals surface area contributed by atoms with Gasteiger partial charge in [-0.2, -0.15) is 4.31 Å². The van der Waals surface area contributed by atoms with Gasteiger partial charge in [0.05, 0.1) is 4.90 Å². The zero-order chi connectivity index (χ0) is 17.4. The fraction of sp³-hybridized carbons (Fsp3) is 0.333. The van der Waals surface area contributed by atoms with Gasteiger partial charge in [-0.05, 0) is 36.4 Å². The van der Waals surface area contributed by atoms with Crippen molar-refractivity contribution in [3.05, 3.63) is 54.6 Å². The minimum Gasteiger partial charge on any atom is -0.492 e. The third-order valence-electron chi connectivity index (χ3n) is 3.64. The van der Waals surface area contributed by atoms with E-state index in [9.17, 15) is 8.42 Å². The molecule has 0 bridgehead atoms. The third-order valence-corrected chi connectivity index (χ3v) is 5.70. The van der Waals surface area contributed by atoms with Gasteiger partial charge in [0.25, 0.3) is 0 Å². The maximum absolute atomic E-state index is 12.4. The average molecular weight is 348 g/mol. The standard InChI is InChI=1S/C18H24N2O3S/c1-3-20(4-2)24(21,22)18-12-10-16(11-13-18)19-14-15-23-17-8-6-5-7-9-17/h5-13,19H,3-4,14-15H2,1-2H3. The monoisotopic (exact) mass is 348 g/mol. The van der Waals surface area contributed by atoms with Crippen LogP contribution in [0.1, 0.15) is 13.8 Å². The Labute approximate surface area is 144 Å². The predicted octanol–water partition coefficient (Wildman–Crippen LogP) is 3.21. The van der Waals surface area contributed by atoms with Crippen LogP contribution in [0.4, 0.5) is 5.69 Å². The van der Waals surface area contributed by atoms with Gasteiger partial charge in [-0.3, -0.25) is 0 Å². The van der Waals surface area contributed by atoms with Crippen LogP contribution >= 0.6 is 0 Å². The molecule has 0 saturated carbocycles. The van der Waals surface area contributed by atoms with E-state index in [1.54, 1.807) is 24.3 Å². The Morgan fingerprint density at radius 3 is 2.17 bits per heavy atom. The Bertz CT molecular complexity index is 712. The lowest BCUT2D eigenvalue weighted by atomic mass is 10.3. The molecule has 0 aliphatic heterocycles. The van der Waals surface area contributed by atoms with Crippen molar-refractivity contribution in [2.45, 2.75) is 18.7 Å². The fourth-order valence-electron chi connectivity index (χ4n) is 2.34. The maximum Gasteiger partial charge on any atom is 0.243 e. The van der Waals surface area contributed by atoms with E-state index < -0.39 is 10.0 Å². The molecule has 0 aliphatic rings. The minimum atomic E-state index is -3.40. The van der Waals surface area contributed by atoms with Crippen LogP contribution in [0.5, 0.6) is 5.75 Å². The van der Waals surface area contributed by atoms with E-state index in [1.165, 1.54) is 4.31 Å². The van der Waals surface area contributed by atoms with E-state index >= 15 is 0 Å². The lowest BCUT2D eigenvalue weighted by Crippen LogP contribution is -2.30. The maximum atomic E-state index is 12.4. The van der Waals surface area contributed by atoms with Gasteiger partial charge in [0.1, 0.15) is 12.4 Å². The van der Waals surface area contributed by atoms with Gasteiger partial charge in [-0.1, -0.05) is 32.0 Å². The Balaban J connectivity index is 1.88. The van der Waals surface area contributed by atoms with E-state index in [0.717, 1.165) is 11.4 Å². The summed E-state index contributed by atoms with van der Waals surface area (Å²) in [4.78, 5) is 0.317. The van der Waals surface area contributed by atoms with Gasteiger partial charge in [0.2, 0.25) is 10.0 Å². The molecule has 0 heterocycles. The smallest absolute Gasteiger partial charge is 0.243 e. The number of para-hydroxylation sites is 1. The molecule has 1 N–H and O–H groups in total. The highest BCUT2D eigenvalue weighted by molar-refractivity contribution is 7.89. The number of sulfonamides is 1. The van der Waals surface area contributed by atoms with Crippen LogP contribution in [0.3, 0.4) is 0 Å². The highest BCUT2D eigenvalue weighted by Gasteiger charge is 2.20. The van der Waals surface area contributed by atoms with Gasteiger partial charge >= 0.3 is 0 Å². The Morgan fingerprint density at radius 2 is 1.58 bits per heavy atom. The molecular formula is C18H24N2O3S. The lowest BCUT2D eigenvalue weighted by molar-refractivity contribution is 0.333. The van der Waals surface area contributed by atoms with Crippen molar-refractivity contribution >= 4 is 15.7 Å². The first kappa shape index (κ1) is 18.3. The number of benzene rings is 2. The van der Waals surface area contributed by atoms with Crippen LogP contribution in [0.25, 0.3) is 0 Å². The molecule has 0 aliphatic carbocycles. The summed E-state index contributed by atoms with van der Waals surface area (Å²) >= 11 is 0. The predicted molar refractivity (Wildman–Crippen MR) is 97.0 cm³/mol. The van der Waals surface area contributed by atoms with Crippen LogP contribution in [-0.4, -0.2) is 39.0 Å². The normalized spacial score (nSPS) is 11.5. The van der Waals surface area contributed by atoms with Crippen LogP contribution in [0.2, 0.25) is 0 Å². The zero-order valence-electron chi connectivity index (χ0n) is 14.1. The SMILES string of the molecule is CCN(CC)S(=O)(=O)c1ccc(NCCOc2ccccc2)cc1. The Hall–Kier alpha value is -2.05. The number of hydrogen-bond donors (Lipinski definition) is 1. The van der Waals surface area contributed by atoms with E-state index in [0.29, 0.717) is 31.1 Å². The second kappa shape index (κ2) is 8.70. The molecule has 5 nitrogen and oxygen atoms in total. The van der Waals surface area contributed by atoms with Crippen LogP contribution in [0.15, 0.2) is 59.5 Å². The molecule has 6 heteroatoms. The second-order valence-electron chi connectivity index (χ2n) is 5.20. The van der Waals surface area contributed by atoms with Crippen LogP contribution in [-0.2, 0) is 10.0 Å².